The van der Waals surface area contributed by atoms with Gasteiger partial charge in [0.25, 0.3) is 5.91 Å². The number of fused-ring (bicyclic) bond motifs is 1. The Kier molecular flexibility index (Phi) is 8.72. The summed E-state index contributed by atoms with van der Waals surface area (Å²) in [6.07, 6.45) is 1.58. The molecule has 8 nitrogen and oxygen atoms in total. The number of likely N-dealkylation sites (N-methyl/N-ethyl adjacent to an activating group) is 1. The number of aliphatic hydroxyl groups is 1. The van der Waals surface area contributed by atoms with E-state index in [1.807, 2.05) is 38.1 Å². The van der Waals surface area contributed by atoms with Gasteiger partial charge in [-0.2, -0.15) is 0 Å². The normalized spacial score (nSPS) is 18.2. The van der Waals surface area contributed by atoms with Crippen molar-refractivity contribution in [2.45, 2.75) is 39.3 Å². The van der Waals surface area contributed by atoms with Gasteiger partial charge >= 0.3 is 0 Å². The molecule has 1 aliphatic heterocycles. The van der Waals surface area contributed by atoms with Crippen LogP contribution in [0.1, 0.15) is 48.7 Å². The Bertz CT molecular complexity index is 1120. The molecular formula is C27H33N3O5. The first-order valence-corrected chi connectivity index (χ1v) is 11.8. The van der Waals surface area contributed by atoms with E-state index in [-0.39, 0.29) is 41.9 Å². The second-order valence-corrected chi connectivity index (χ2v) is 8.78. The minimum atomic E-state index is -0.394. The minimum Gasteiger partial charge on any atom is -0.495 e. The zero-order valence-electron chi connectivity index (χ0n) is 20.9. The van der Waals surface area contributed by atoms with Gasteiger partial charge in [-0.1, -0.05) is 37.8 Å². The molecule has 0 fully saturated rings. The van der Waals surface area contributed by atoms with Crippen LogP contribution >= 0.6 is 0 Å². The topological polar surface area (TPSA) is 92.2 Å². The van der Waals surface area contributed by atoms with E-state index >= 15 is 0 Å². The first-order chi connectivity index (χ1) is 16.8. The fraction of sp³-hybridized carbons (Fsp3) is 0.444. The van der Waals surface area contributed by atoms with E-state index in [4.69, 9.17) is 9.47 Å². The number of carbonyl (C=O) groups is 2. The predicted molar refractivity (Wildman–Crippen MR) is 132 cm³/mol. The second-order valence-electron chi connectivity index (χ2n) is 8.78. The van der Waals surface area contributed by atoms with Crippen LogP contribution in [0.3, 0.4) is 0 Å². The molecule has 0 spiro atoms. The average Bonchev–Trinajstić information content (AvgIpc) is 2.88. The van der Waals surface area contributed by atoms with Gasteiger partial charge in [0.1, 0.15) is 17.4 Å². The van der Waals surface area contributed by atoms with Crippen molar-refractivity contribution in [1.29, 1.82) is 0 Å². The van der Waals surface area contributed by atoms with E-state index in [1.165, 1.54) is 0 Å². The number of benzene rings is 1. The van der Waals surface area contributed by atoms with E-state index in [2.05, 4.69) is 16.8 Å². The number of amides is 2. The summed E-state index contributed by atoms with van der Waals surface area (Å²) in [5.41, 5.74) is 1.54. The molecule has 0 saturated heterocycles. The number of aromatic nitrogens is 1. The first kappa shape index (κ1) is 26.0. The molecule has 2 amide bonds. The molecule has 0 unspecified atom stereocenters. The molecule has 186 valence electrons. The number of nitrogens with zero attached hydrogens (tertiary/aromatic N) is 3. The number of para-hydroxylation sites is 1. The highest BCUT2D eigenvalue weighted by molar-refractivity contribution is 5.97. The highest BCUT2D eigenvalue weighted by atomic mass is 16.5. The Morgan fingerprint density at radius 3 is 2.80 bits per heavy atom. The fourth-order valence-corrected chi connectivity index (χ4v) is 3.92. The maximum atomic E-state index is 13.5. The highest BCUT2D eigenvalue weighted by Gasteiger charge is 2.34. The molecular weight excluding hydrogens is 446 g/mol. The number of methoxy groups -OCH3 is 1. The second kappa shape index (κ2) is 11.7. The number of hydrogen-bond donors (Lipinski definition) is 1. The quantitative estimate of drug-likeness (QED) is 0.641. The maximum Gasteiger partial charge on any atom is 0.259 e. The van der Waals surface area contributed by atoms with Crippen molar-refractivity contribution in [2.24, 2.45) is 5.92 Å². The monoisotopic (exact) mass is 479 g/mol. The van der Waals surface area contributed by atoms with Crippen LogP contribution in [-0.4, -0.2) is 77.7 Å². The van der Waals surface area contributed by atoms with Crippen molar-refractivity contribution in [3.05, 3.63) is 53.2 Å². The number of ether oxygens (including phenoxy) is 2. The van der Waals surface area contributed by atoms with Crippen molar-refractivity contribution < 1.29 is 24.2 Å². The van der Waals surface area contributed by atoms with Crippen LogP contribution in [0.4, 0.5) is 0 Å². The largest absolute Gasteiger partial charge is 0.495 e. The average molecular weight is 480 g/mol. The molecule has 1 N–H and O–H groups in total. The van der Waals surface area contributed by atoms with E-state index in [0.717, 1.165) is 5.56 Å². The van der Waals surface area contributed by atoms with Crippen LogP contribution in [0.15, 0.2) is 36.5 Å². The first-order valence-electron chi connectivity index (χ1n) is 11.8. The van der Waals surface area contributed by atoms with Crippen LogP contribution < -0.4 is 9.47 Å². The lowest BCUT2D eigenvalue weighted by Crippen LogP contribution is -2.50. The van der Waals surface area contributed by atoms with Crippen LogP contribution in [-0.2, 0) is 4.79 Å². The number of hydrogen-bond acceptors (Lipinski definition) is 6. The lowest BCUT2D eigenvalue weighted by Gasteiger charge is -2.37. The van der Waals surface area contributed by atoms with Gasteiger partial charge in [-0.15, -0.1) is 0 Å². The van der Waals surface area contributed by atoms with Crippen molar-refractivity contribution in [3.8, 4) is 23.5 Å². The number of rotatable bonds is 6. The van der Waals surface area contributed by atoms with Crippen LogP contribution in [0.25, 0.3) is 0 Å². The molecule has 35 heavy (non-hydrogen) atoms. The van der Waals surface area contributed by atoms with Crippen LogP contribution in [0.5, 0.6) is 11.6 Å². The SMILES string of the molecule is CCC(=O)N(C)C[C@@H]1Oc2ncc(C#Cc3ccccc3OC)cc2C(=O)N([C@H](C)CO)C[C@@H]1C. The van der Waals surface area contributed by atoms with Crippen molar-refractivity contribution in [3.63, 3.8) is 0 Å². The molecule has 0 aliphatic carbocycles. The molecule has 8 heteroatoms. The molecule has 3 atom stereocenters. The molecule has 0 radical (unpaired) electrons. The van der Waals surface area contributed by atoms with Crippen molar-refractivity contribution in [2.75, 3.05) is 33.9 Å². The number of pyridine rings is 1. The molecule has 1 aromatic carbocycles. The molecule has 1 aromatic heterocycles. The summed E-state index contributed by atoms with van der Waals surface area (Å²) in [4.78, 5) is 33.4. The summed E-state index contributed by atoms with van der Waals surface area (Å²) in [7, 11) is 3.33. The Morgan fingerprint density at radius 2 is 2.11 bits per heavy atom. The molecule has 2 heterocycles. The predicted octanol–water partition coefficient (Wildman–Crippen LogP) is 2.58. The van der Waals surface area contributed by atoms with Gasteiger partial charge in [-0.3, -0.25) is 9.59 Å². The summed E-state index contributed by atoms with van der Waals surface area (Å²) in [6.45, 7) is 6.14. The van der Waals surface area contributed by atoms with E-state index in [9.17, 15) is 14.7 Å². The summed E-state index contributed by atoms with van der Waals surface area (Å²) in [5.74, 6) is 6.61. The van der Waals surface area contributed by atoms with Gasteiger partial charge in [0.05, 0.1) is 31.9 Å². The Morgan fingerprint density at radius 1 is 1.37 bits per heavy atom. The van der Waals surface area contributed by atoms with Crippen molar-refractivity contribution in [1.82, 2.24) is 14.8 Å². The maximum absolute atomic E-state index is 13.5. The van der Waals surface area contributed by atoms with E-state index in [0.29, 0.717) is 30.8 Å². The molecule has 3 rings (SSSR count). The highest BCUT2D eigenvalue weighted by Crippen LogP contribution is 2.27. The smallest absolute Gasteiger partial charge is 0.259 e. The summed E-state index contributed by atoms with van der Waals surface area (Å²) >= 11 is 0. The molecule has 1 aliphatic rings. The number of aliphatic hydroxyl groups excluding tert-OH is 1. The van der Waals surface area contributed by atoms with E-state index in [1.54, 1.807) is 43.1 Å². The molecule has 0 saturated carbocycles. The lowest BCUT2D eigenvalue weighted by atomic mass is 9.99. The summed E-state index contributed by atoms with van der Waals surface area (Å²) < 4.78 is 11.6. The molecule has 2 aromatic rings. The van der Waals surface area contributed by atoms with E-state index < -0.39 is 6.04 Å². The Hall–Kier alpha value is -3.57. The zero-order valence-corrected chi connectivity index (χ0v) is 20.9. The Labute approximate surface area is 206 Å². The lowest BCUT2D eigenvalue weighted by molar-refractivity contribution is -0.131. The third kappa shape index (κ3) is 6.11. The van der Waals surface area contributed by atoms with Gasteiger partial charge in [0, 0.05) is 37.7 Å². The van der Waals surface area contributed by atoms with Gasteiger partial charge in [-0.25, -0.2) is 4.98 Å². The summed E-state index contributed by atoms with van der Waals surface area (Å²) in [5, 5.41) is 9.80. The van der Waals surface area contributed by atoms with Gasteiger partial charge in [0.2, 0.25) is 11.8 Å². The Balaban J connectivity index is 2.00. The van der Waals surface area contributed by atoms with Gasteiger partial charge in [-0.05, 0) is 25.1 Å². The van der Waals surface area contributed by atoms with Gasteiger partial charge < -0.3 is 24.4 Å². The van der Waals surface area contributed by atoms with Gasteiger partial charge in [0.15, 0.2) is 0 Å². The zero-order chi connectivity index (χ0) is 25.5. The third-order valence-corrected chi connectivity index (χ3v) is 6.15. The standard InChI is InChI=1S/C27H33N3O5/c1-6-25(32)29(4)16-24-18(2)15-30(19(3)17-31)27(33)22-13-20(14-28-26(22)35-24)11-12-21-9-7-8-10-23(21)34-5/h7-10,13-14,18-19,24,31H,6,15-17H2,1-5H3/t18-,19+,24-/m0/s1. The summed E-state index contributed by atoms with van der Waals surface area (Å²) in [6, 6.07) is 8.69. The van der Waals surface area contributed by atoms with Crippen molar-refractivity contribution >= 4 is 11.8 Å². The number of carbonyl (C=O) groups excluding carboxylic acids is 2. The van der Waals surface area contributed by atoms with Crippen LogP contribution in [0.2, 0.25) is 0 Å². The van der Waals surface area contributed by atoms with Crippen LogP contribution in [0, 0.1) is 17.8 Å². The fourth-order valence-electron chi connectivity index (χ4n) is 3.92. The minimum absolute atomic E-state index is 0.00895. The third-order valence-electron chi connectivity index (χ3n) is 6.15. The molecule has 0 bridgehead atoms.